The van der Waals surface area contributed by atoms with E-state index < -0.39 is 21.6 Å². The maximum Gasteiger partial charge on any atom is 0.310 e. The Kier molecular flexibility index (Phi) is 3.83. The molecule has 78 valence electrons. The number of carboxylic acid groups (broad SMARTS) is 1. The Balaban J connectivity index is 4.26. The summed E-state index contributed by atoms with van der Waals surface area (Å²) in [6.07, 6.45) is 0. The molecule has 7 heteroatoms. The third-order valence-electron chi connectivity index (χ3n) is 1.55. The first-order valence-electron chi connectivity index (χ1n) is 3.63. The van der Waals surface area contributed by atoms with Gasteiger partial charge in [0.15, 0.2) is 0 Å². The fourth-order valence-corrected chi connectivity index (χ4v) is 1.12. The normalized spacial score (nSPS) is 12.8. The summed E-state index contributed by atoms with van der Waals surface area (Å²) in [5, 5.41) is 8.66. The number of nitrogens with one attached hydrogen (secondary N) is 2. The van der Waals surface area contributed by atoms with Gasteiger partial charge in [0.2, 0.25) is 0 Å². The van der Waals surface area contributed by atoms with Gasteiger partial charge >= 0.3 is 5.97 Å². The predicted molar refractivity (Wildman–Crippen MR) is 47.4 cm³/mol. The van der Waals surface area contributed by atoms with Crippen molar-refractivity contribution in [2.24, 2.45) is 5.41 Å². The van der Waals surface area contributed by atoms with Crippen LogP contribution in [0.4, 0.5) is 0 Å². The topological polar surface area (TPSA) is 95.5 Å². The average molecular weight is 210 g/mol. The summed E-state index contributed by atoms with van der Waals surface area (Å²) < 4.78 is 25.8. The zero-order chi connectivity index (χ0) is 10.7. The van der Waals surface area contributed by atoms with Crippen molar-refractivity contribution in [1.82, 2.24) is 9.44 Å². The van der Waals surface area contributed by atoms with Crippen LogP contribution < -0.4 is 9.44 Å². The number of carboxylic acids is 1. The largest absolute Gasteiger partial charge is 0.481 e. The fraction of sp³-hybridized carbons (Fsp3) is 0.833. The molecule has 0 amide bonds. The van der Waals surface area contributed by atoms with Crippen molar-refractivity contribution in [3.05, 3.63) is 0 Å². The van der Waals surface area contributed by atoms with E-state index in [1.807, 2.05) is 4.72 Å². The molecule has 0 rings (SSSR count). The molecule has 0 unspecified atom stereocenters. The second-order valence-corrected chi connectivity index (χ2v) is 4.92. The van der Waals surface area contributed by atoms with E-state index in [0.29, 0.717) is 0 Å². The molecule has 0 aromatic heterocycles. The van der Waals surface area contributed by atoms with Crippen LogP contribution >= 0.6 is 0 Å². The lowest BCUT2D eigenvalue weighted by atomic mass is 9.95. The standard InChI is InChI=1S/C6H14N2O4S/c1-6(2,5(9)10)4-8-13(11,12)7-3/h7-8H,4H2,1-3H3,(H,9,10). The number of aliphatic carboxylic acids is 1. The quantitative estimate of drug-likeness (QED) is 0.551. The van der Waals surface area contributed by atoms with Crippen LogP contribution in [0.1, 0.15) is 13.8 Å². The Hall–Kier alpha value is -0.660. The highest BCUT2D eigenvalue weighted by Gasteiger charge is 2.28. The van der Waals surface area contributed by atoms with Crippen molar-refractivity contribution in [1.29, 1.82) is 0 Å². The lowest BCUT2D eigenvalue weighted by Gasteiger charge is -2.18. The van der Waals surface area contributed by atoms with Crippen molar-refractivity contribution in [3.8, 4) is 0 Å². The molecular formula is C6H14N2O4S. The van der Waals surface area contributed by atoms with Crippen LogP contribution in [-0.2, 0) is 15.0 Å². The van der Waals surface area contributed by atoms with Gasteiger partial charge in [-0.05, 0) is 13.8 Å². The van der Waals surface area contributed by atoms with Crippen molar-refractivity contribution in [2.75, 3.05) is 13.6 Å². The van der Waals surface area contributed by atoms with E-state index in [9.17, 15) is 13.2 Å². The first kappa shape index (κ1) is 12.3. The number of hydrogen-bond donors (Lipinski definition) is 3. The zero-order valence-corrected chi connectivity index (χ0v) is 8.60. The molecule has 0 fully saturated rings. The molecule has 0 saturated carbocycles. The molecule has 0 spiro atoms. The predicted octanol–water partition coefficient (Wildman–Crippen LogP) is -0.849. The van der Waals surface area contributed by atoms with E-state index in [4.69, 9.17) is 5.11 Å². The molecule has 0 heterocycles. The van der Waals surface area contributed by atoms with E-state index in [0.717, 1.165) is 0 Å². The molecule has 0 bridgehead atoms. The summed E-state index contributed by atoms with van der Waals surface area (Å²) in [5.74, 6) is -1.05. The lowest BCUT2D eigenvalue weighted by molar-refractivity contribution is -0.146. The summed E-state index contributed by atoms with van der Waals surface area (Å²) in [4.78, 5) is 10.6. The summed E-state index contributed by atoms with van der Waals surface area (Å²) in [7, 11) is -2.30. The van der Waals surface area contributed by atoms with Crippen LogP contribution in [0.3, 0.4) is 0 Å². The van der Waals surface area contributed by atoms with Gasteiger partial charge in [0.05, 0.1) is 5.41 Å². The number of carbonyl (C=O) groups is 1. The zero-order valence-electron chi connectivity index (χ0n) is 7.79. The SMILES string of the molecule is CNS(=O)(=O)NCC(C)(C)C(=O)O. The molecule has 0 radical (unpaired) electrons. The Morgan fingerprint density at radius 2 is 1.92 bits per heavy atom. The highest BCUT2D eigenvalue weighted by molar-refractivity contribution is 7.87. The third-order valence-corrected chi connectivity index (χ3v) is 2.61. The molecular weight excluding hydrogens is 196 g/mol. The minimum atomic E-state index is -3.55. The van der Waals surface area contributed by atoms with Gasteiger partial charge < -0.3 is 5.11 Å². The lowest BCUT2D eigenvalue weighted by Crippen LogP contribution is -2.42. The molecule has 0 atom stereocenters. The number of hydrogen-bond acceptors (Lipinski definition) is 3. The molecule has 6 nitrogen and oxygen atoms in total. The van der Waals surface area contributed by atoms with Crippen LogP contribution in [0, 0.1) is 5.41 Å². The molecule has 13 heavy (non-hydrogen) atoms. The molecule has 0 aliphatic heterocycles. The molecule has 0 aliphatic rings. The summed E-state index contributed by atoms with van der Waals surface area (Å²) in [6, 6.07) is 0. The number of rotatable bonds is 5. The monoisotopic (exact) mass is 210 g/mol. The maximum atomic E-state index is 10.9. The summed E-state index contributed by atoms with van der Waals surface area (Å²) in [5.41, 5.74) is -1.11. The van der Waals surface area contributed by atoms with Crippen LogP contribution in [-0.4, -0.2) is 33.1 Å². The smallest absolute Gasteiger partial charge is 0.310 e. The van der Waals surface area contributed by atoms with Gasteiger partial charge in [-0.2, -0.15) is 8.42 Å². The minimum Gasteiger partial charge on any atom is -0.481 e. The van der Waals surface area contributed by atoms with Crippen LogP contribution in [0.15, 0.2) is 0 Å². The minimum absolute atomic E-state index is 0.147. The van der Waals surface area contributed by atoms with Gasteiger partial charge in [-0.3, -0.25) is 4.79 Å². The van der Waals surface area contributed by atoms with Gasteiger partial charge in [0.1, 0.15) is 0 Å². The van der Waals surface area contributed by atoms with Gasteiger partial charge in [-0.1, -0.05) is 0 Å². The van der Waals surface area contributed by atoms with Gasteiger partial charge in [0, 0.05) is 13.6 Å². The van der Waals surface area contributed by atoms with E-state index in [-0.39, 0.29) is 6.54 Å². The Labute approximate surface area is 77.5 Å². The van der Waals surface area contributed by atoms with Crippen LogP contribution in [0.25, 0.3) is 0 Å². The van der Waals surface area contributed by atoms with E-state index in [2.05, 4.69) is 4.72 Å². The molecule has 0 aromatic carbocycles. The van der Waals surface area contributed by atoms with E-state index in [1.54, 1.807) is 0 Å². The first-order valence-corrected chi connectivity index (χ1v) is 5.11. The first-order chi connectivity index (χ1) is 5.71. The molecule has 0 aliphatic carbocycles. The van der Waals surface area contributed by atoms with Crippen molar-refractivity contribution < 1.29 is 18.3 Å². The van der Waals surface area contributed by atoms with Crippen molar-refractivity contribution in [2.45, 2.75) is 13.8 Å². The molecule has 0 aromatic rings. The van der Waals surface area contributed by atoms with Gasteiger partial charge in [-0.15, -0.1) is 0 Å². The Morgan fingerprint density at radius 1 is 1.46 bits per heavy atom. The van der Waals surface area contributed by atoms with Gasteiger partial charge in [0.25, 0.3) is 10.2 Å². The molecule has 0 saturated heterocycles. The summed E-state index contributed by atoms with van der Waals surface area (Å²) >= 11 is 0. The molecule has 3 N–H and O–H groups in total. The Morgan fingerprint density at radius 3 is 2.23 bits per heavy atom. The average Bonchev–Trinajstić information content (AvgIpc) is 2.01. The van der Waals surface area contributed by atoms with Gasteiger partial charge in [-0.25, -0.2) is 9.44 Å². The highest BCUT2D eigenvalue weighted by atomic mass is 32.2. The maximum absolute atomic E-state index is 10.9. The van der Waals surface area contributed by atoms with E-state index in [1.165, 1.54) is 20.9 Å². The van der Waals surface area contributed by atoms with Crippen LogP contribution in [0.5, 0.6) is 0 Å². The van der Waals surface area contributed by atoms with E-state index >= 15 is 0 Å². The van der Waals surface area contributed by atoms with Crippen LogP contribution in [0.2, 0.25) is 0 Å². The fourth-order valence-electron chi connectivity index (χ4n) is 0.423. The second kappa shape index (κ2) is 4.03. The summed E-state index contributed by atoms with van der Waals surface area (Å²) in [6.45, 7) is 2.73. The third kappa shape index (κ3) is 4.20. The highest BCUT2D eigenvalue weighted by Crippen LogP contribution is 2.13. The van der Waals surface area contributed by atoms with Crippen molar-refractivity contribution in [3.63, 3.8) is 0 Å². The van der Waals surface area contributed by atoms with Crippen molar-refractivity contribution >= 4 is 16.2 Å². The Bertz CT molecular complexity index is 283. The second-order valence-electron chi connectivity index (χ2n) is 3.22.